The highest BCUT2D eigenvalue weighted by molar-refractivity contribution is 4.77. The summed E-state index contributed by atoms with van der Waals surface area (Å²) in [6, 6.07) is 0.704. The summed E-state index contributed by atoms with van der Waals surface area (Å²) in [6.45, 7) is 10.8. The summed E-state index contributed by atoms with van der Waals surface area (Å²) in [5, 5.41) is 3.53. The first-order valence-electron chi connectivity index (χ1n) is 6.40. The van der Waals surface area contributed by atoms with Gasteiger partial charge in [0.05, 0.1) is 6.61 Å². The van der Waals surface area contributed by atoms with Crippen molar-refractivity contribution in [3.05, 3.63) is 0 Å². The van der Waals surface area contributed by atoms with Crippen LogP contribution in [0.25, 0.3) is 0 Å². The fourth-order valence-electron chi connectivity index (χ4n) is 2.15. The van der Waals surface area contributed by atoms with E-state index in [1.54, 1.807) is 0 Å². The number of nitrogens with one attached hydrogen (secondary N) is 1. The van der Waals surface area contributed by atoms with E-state index in [-0.39, 0.29) is 0 Å². The van der Waals surface area contributed by atoms with Crippen molar-refractivity contribution in [3.8, 4) is 0 Å². The van der Waals surface area contributed by atoms with Gasteiger partial charge in [0, 0.05) is 25.7 Å². The molecule has 0 radical (unpaired) electrons. The third-order valence-corrected chi connectivity index (χ3v) is 2.90. The first-order chi connectivity index (χ1) is 7.36. The Kier molecular flexibility index (Phi) is 6.98. The predicted octanol–water partition coefficient (Wildman–Crippen LogP) is 1.49. The van der Waals surface area contributed by atoms with Gasteiger partial charge in [0.15, 0.2) is 0 Å². The van der Waals surface area contributed by atoms with E-state index in [1.807, 2.05) is 0 Å². The minimum atomic E-state index is 0.704. The quantitative estimate of drug-likeness (QED) is 0.650. The molecule has 0 aromatic rings. The highest BCUT2D eigenvalue weighted by Gasteiger charge is 2.18. The molecule has 1 aliphatic rings. The van der Waals surface area contributed by atoms with E-state index in [9.17, 15) is 0 Å². The monoisotopic (exact) mass is 214 g/mol. The second-order valence-electron chi connectivity index (χ2n) is 4.31. The normalized spacial score (nSPS) is 23.2. The fourth-order valence-corrected chi connectivity index (χ4v) is 2.15. The second-order valence-corrected chi connectivity index (χ2v) is 4.31. The third-order valence-electron chi connectivity index (χ3n) is 2.90. The van der Waals surface area contributed by atoms with E-state index < -0.39 is 0 Å². The molecule has 90 valence electrons. The van der Waals surface area contributed by atoms with Gasteiger partial charge in [0.25, 0.3) is 0 Å². The highest BCUT2D eigenvalue weighted by atomic mass is 16.5. The summed E-state index contributed by atoms with van der Waals surface area (Å²) in [4.78, 5) is 2.52. The molecule has 0 aromatic carbocycles. The molecule has 1 atom stereocenters. The highest BCUT2D eigenvalue weighted by Crippen LogP contribution is 2.09. The topological polar surface area (TPSA) is 24.5 Å². The van der Waals surface area contributed by atoms with Crippen molar-refractivity contribution >= 4 is 0 Å². The van der Waals surface area contributed by atoms with E-state index in [2.05, 4.69) is 24.1 Å². The molecule has 15 heavy (non-hydrogen) atoms. The van der Waals surface area contributed by atoms with Gasteiger partial charge in [0.1, 0.15) is 0 Å². The molecule has 1 saturated heterocycles. The molecule has 0 amide bonds. The summed E-state index contributed by atoms with van der Waals surface area (Å²) in [6.07, 6.45) is 3.78. The van der Waals surface area contributed by atoms with E-state index in [0.29, 0.717) is 6.04 Å². The van der Waals surface area contributed by atoms with Gasteiger partial charge in [-0.15, -0.1) is 0 Å². The molecular formula is C12H26N2O. The number of likely N-dealkylation sites (tertiary alicyclic amines) is 1. The zero-order chi connectivity index (χ0) is 10.9. The molecule has 1 N–H and O–H groups in total. The molecule has 1 fully saturated rings. The van der Waals surface area contributed by atoms with Gasteiger partial charge in [-0.3, -0.25) is 4.90 Å². The summed E-state index contributed by atoms with van der Waals surface area (Å²) in [7, 11) is 0. The van der Waals surface area contributed by atoms with Crippen molar-refractivity contribution in [1.82, 2.24) is 10.2 Å². The molecule has 1 unspecified atom stereocenters. The Bertz CT molecular complexity index is 151. The van der Waals surface area contributed by atoms with Gasteiger partial charge in [-0.2, -0.15) is 0 Å². The van der Waals surface area contributed by atoms with Gasteiger partial charge in [-0.05, 0) is 32.4 Å². The van der Waals surface area contributed by atoms with Gasteiger partial charge in [-0.1, -0.05) is 13.8 Å². The molecule has 0 saturated carbocycles. The van der Waals surface area contributed by atoms with Gasteiger partial charge in [0.2, 0.25) is 0 Å². The fraction of sp³-hybridized carbons (Fsp3) is 1.00. The van der Waals surface area contributed by atoms with E-state index in [0.717, 1.165) is 32.7 Å². The predicted molar refractivity (Wildman–Crippen MR) is 64.2 cm³/mol. The number of rotatable bonds is 7. The molecule has 0 bridgehead atoms. The van der Waals surface area contributed by atoms with Crippen molar-refractivity contribution in [2.24, 2.45) is 0 Å². The van der Waals surface area contributed by atoms with Crippen LogP contribution in [0.3, 0.4) is 0 Å². The molecule has 1 aliphatic heterocycles. The maximum absolute atomic E-state index is 5.52. The van der Waals surface area contributed by atoms with Crippen LogP contribution in [0.1, 0.15) is 33.1 Å². The lowest BCUT2D eigenvalue weighted by Gasteiger charge is -2.32. The van der Waals surface area contributed by atoms with Crippen molar-refractivity contribution in [3.63, 3.8) is 0 Å². The van der Waals surface area contributed by atoms with Crippen molar-refractivity contribution in [1.29, 1.82) is 0 Å². The Hall–Kier alpha value is -0.120. The van der Waals surface area contributed by atoms with Crippen molar-refractivity contribution in [2.75, 3.05) is 39.4 Å². The van der Waals surface area contributed by atoms with Crippen LogP contribution in [0.4, 0.5) is 0 Å². The van der Waals surface area contributed by atoms with E-state index in [4.69, 9.17) is 4.74 Å². The molecular weight excluding hydrogens is 188 g/mol. The third kappa shape index (κ3) is 5.50. The average Bonchev–Trinajstić information content (AvgIpc) is 2.26. The Balaban J connectivity index is 2.07. The second kappa shape index (κ2) is 8.08. The van der Waals surface area contributed by atoms with Crippen molar-refractivity contribution in [2.45, 2.75) is 39.2 Å². The number of piperidine rings is 1. The van der Waals surface area contributed by atoms with Crippen LogP contribution in [0.2, 0.25) is 0 Å². The lowest BCUT2D eigenvalue weighted by molar-refractivity contribution is 0.0903. The first kappa shape index (κ1) is 12.9. The SMILES string of the molecule is CCCOCCN1CCCC(NCC)C1. The lowest BCUT2D eigenvalue weighted by atomic mass is 10.1. The van der Waals surface area contributed by atoms with Crippen LogP contribution >= 0.6 is 0 Å². The number of nitrogens with zero attached hydrogens (tertiary/aromatic N) is 1. The summed E-state index contributed by atoms with van der Waals surface area (Å²) in [5.41, 5.74) is 0. The van der Waals surface area contributed by atoms with Gasteiger partial charge < -0.3 is 10.1 Å². The molecule has 0 aliphatic carbocycles. The Morgan fingerprint density at radius 3 is 2.93 bits per heavy atom. The molecule has 1 rings (SSSR count). The molecule has 0 aromatic heterocycles. The maximum Gasteiger partial charge on any atom is 0.0593 e. The minimum absolute atomic E-state index is 0.704. The van der Waals surface area contributed by atoms with Crippen LogP contribution in [-0.4, -0.2) is 50.3 Å². The first-order valence-corrected chi connectivity index (χ1v) is 6.40. The van der Waals surface area contributed by atoms with Crippen LogP contribution in [0.15, 0.2) is 0 Å². The Morgan fingerprint density at radius 2 is 2.20 bits per heavy atom. The zero-order valence-corrected chi connectivity index (χ0v) is 10.3. The number of likely N-dealkylation sites (N-methyl/N-ethyl adjacent to an activating group) is 1. The molecule has 1 heterocycles. The van der Waals surface area contributed by atoms with E-state index >= 15 is 0 Å². The van der Waals surface area contributed by atoms with Crippen LogP contribution in [0, 0.1) is 0 Å². The minimum Gasteiger partial charge on any atom is -0.380 e. The standard InChI is InChI=1S/C12H26N2O/c1-3-9-15-10-8-14-7-5-6-12(11-14)13-4-2/h12-13H,3-11H2,1-2H3. The summed E-state index contributed by atoms with van der Waals surface area (Å²) < 4.78 is 5.52. The lowest BCUT2D eigenvalue weighted by Crippen LogP contribution is -2.46. The Morgan fingerprint density at radius 1 is 1.33 bits per heavy atom. The summed E-state index contributed by atoms with van der Waals surface area (Å²) in [5.74, 6) is 0. The smallest absolute Gasteiger partial charge is 0.0593 e. The largest absolute Gasteiger partial charge is 0.380 e. The van der Waals surface area contributed by atoms with E-state index in [1.165, 1.54) is 25.9 Å². The number of hydrogen-bond acceptors (Lipinski definition) is 3. The number of ether oxygens (including phenoxy) is 1. The van der Waals surface area contributed by atoms with Crippen LogP contribution in [-0.2, 0) is 4.74 Å². The molecule has 3 nitrogen and oxygen atoms in total. The molecule has 0 spiro atoms. The van der Waals surface area contributed by atoms with Crippen LogP contribution < -0.4 is 5.32 Å². The van der Waals surface area contributed by atoms with Gasteiger partial charge >= 0.3 is 0 Å². The Labute approximate surface area is 94.2 Å². The van der Waals surface area contributed by atoms with Crippen LogP contribution in [0.5, 0.6) is 0 Å². The number of hydrogen-bond donors (Lipinski definition) is 1. The summed E-state index contributed by atoms with van der Waals surface area (Å²) >= 11 is 0. The van der Waals surface area contributed by atoms with Crippen molar-refractivity contribution < 1.29 is 4.74 Å². The van der Waals surface area contributed by atoms with Gasteiger partial charge in [-0.25, -0.2) is 0 Å². The molecule has 3 heteroatoms. The average molecular weight is 214 g/mol. The maximum atomic E-state index is 5.52. The zero-order valence-electron chi connectivity index (χ0n) is 10.3.